The van der Waals surface area contributed by atoms with Crippen molar-refractivity contribution in [3.8, 4) is 0 Å². The maximum Gasteiger partial charge on any atom is 0.256 e. The fourth-order valence-electron chi connectivity index (χ4n) is 3.87. The van der Waals surface area contributed by atoms with E-state index in [1.54, 1.807) is 17.4 Å². The second-order valence-corrected chi connectivity index (χ2v) is 12.5. The lowest BCUT2D eigenvalue weighted by atomic mass is 10.2. The zero-order valence-corrected chi connectivity index (χ0v) is 19.8. The topological polar surface area (TPSA) is 88.6 Å². The SMILES string of the molecule is O=C(Nc1ccc2nc(N3CCOCC3)sc2c1)c1ccccc1S[C@H]1CCS(=O)(=O)C1. The molecule has 0 radical (unpaired) electrons. The van der Waals surface area contributed by atoms with E-state index in [-0.39, 0.29) is 22.7 Å². The molecule has 2 fully saturated rings. The molecule has 2 aliphatic rings. The third kappa shape index (κ3) is 4.78. The number of thiazole rings is 1. The highest BCUT2D eigenvalue weighted by molar-refractivity contribution is 8.02. The lowest BCUT2D eigenvalue weighted by Crippen LogP contribution is -2.36. The van der Waals surface area contributed by atoms with E-state index in [0.29, 0.717) is 30.9 Å². The van der Waals surface area contributed by atoms with Crippen molar-refractivity contribution in [2.24, 2.45) is 0 Å². The highest BCUT2D eigenvalue weighted by Gasteiger charge is 2.29. The first kappa shape index (κ1) is 21.7. The minimum absolute atomic E-state index is 0.0129. The Morgan fingerprint density at radius 3 is 2.78 bits per heavy atom. The summed E-state index contributed by atoms with van der Waals surface area (Å²) >= 11 is 3.09. The van der Waals surface area contributed by atoms with Gasteiger partial charge in [0, 0.05) is 28.9 Å². The molecule has 0 saturated carbocycles. The second-order valence-electron chi connectivity index (χ2n) is 7.87. The molecule has 0 aliphatic carbocycles. The molecule has 1 atom stereocenters. The van der Waals surface area contributed by atoms with Crippen LogP contribution in [-0.4, -0.2) is 62.4 Å². The minimum atomic E-state index is -2.96. The summed E-state index contributed by atoms with van der Waals surface area (Å²) < 4.78 is 30.0. The van der Waals surface area contributed by atoms with Gasteiger partial charge in [0.15, 0.2) is 15.0 Å². The molecule has 168 valence electrons. The van der Waals surface area contributed by atoms with Crippen molar-refractivity contribution in [1.29, 1.82) is 0 Å². The number of fused-ring (bicyclic) bond motifs is 1. The largest absolute Gasteiger partial charge is 0.378 e. The zero-order chi connectivity index (χ0) is 22.1. The average molecular weight is 490 g/mol. The number of hydrogen-bond donors (Lipinski definition) is 1. The van der Waals surface area contributed by atoms with Gasteiger partial charge >= 0.3 is 0 Å². The lowest BCUT2D eigenvalue weighted by Gasteiger charge is -2.25. The Morgan fingerprint density at radius 1 is 1.19 bits per heavy atom. The molecule has 1 aromatic heterocycles. The first-order valence-electron chi connectivity index (χ1n) is 10.5. The smallest absolute Gasteiger partial charge is 0.256 e. The molecule has 3 heterocycles. The van der Waals surface area contributed by atoms with Crippen LogP contribution in [0.2, 0.25) is 0 Å². The molecule has 7 nitrogen and oxygen atoms in total. The van der Waals surface area contributed by atoms with Gasteiger partial charge in [-0.2, -0.15) is 0 Å². The standard InChI is InChI=1S/C22H23N3O4S3/c26-21(17-3-1-2-4-19(17)30-16-7-12-32(27,28)14-16)23-15-5-6-18-20(13-15)31-22(24-18)25-8-10-29-11-9-25/h1-6,13,16H,7-12,14H2,(H,23,26)/t16-/m0/s1. The van der Waals surface area contributed by atoms with Crippen LogP contribution in [0.15, 0.2) is 47.4 Å². The van der Waals surface area contributed by atoms with Gasteiger partial charge in [-0.05, 0) is 36.8 Å². The Kier molecular flexibility index (Phi) is 6.11. The number of carbonyl (C=O) groups excluding carboxylic acids is 1. The van der Waals surface area contributed by atoms with E-state index in [2.05, 4.69) is 10.2 Å². The Labute approximate surface area is 195 Å². The van der Waals surface area contributed by atoms with E-state index < -0.39 is 9.84 Å². The molecule has 1 N–H and O–H groups in total. The van der Waals surface area contributed by atoms with E-state index in [9.17, 15) is 13.2 Å². The van der Waals surface area contributed by atoms with E-state index in [1.807, 2.05) is 36.4 Å². The first-order chi connectivity index (χ1) is 15.5. The van der Waals surface area contributed by atoms with Crippen molar-refractivity contribution >= 4 is 59.9 Å². The number of nitrogens with one attached hydrogen (secondary N) is 1. The number of aromatic nitrogens is 1. The quantitative estimate of drug-likeness (QED) is 0.585. The van der Waals surface area contributed by atoms with Crippen LogP contribution in [-0.2, 0) is 14.6 Å². The summed E-state index contributed by atoms with van der Waals surface area (Å²) in [6.45, 7) is 3.09. The van der Waals surface area contributed by atoms with Gasteiger partial charge in [0.05, 0.1) is 40.5 Å². The molecule has 2 aromatic carbocycles. The molecule has 0 spiro atoms. The predicted molar refractivity (Wildman–Crippen MR) is 130 cm³/mol. The number of rotatable bonds is 5. The Hall–Kier alpha value is -2.14. The normalized spacial score (nSPS) is 20.5. The Morgan fingerprint density at radius 2 is 2.00 bits per heavy atom. The molecule has 2 aliphatic heterocycles. The number of thioether (sulfide) groups is 1. The fourth-order valence-corrected chi connectivity index (χ4v) is 8.55. The third-order valence-electron chi connectivity index (χ3n) is 5.53. The maximum atomic E-state index is 13.0. The number of anilines is 2. The van der Waals surface area contributed by atoms with Crippen molar-refractivity contribution in [3.63, 3.8) is 0 Å². The number of hydrogen-bond acceptors (Lipinski definition) is 8. The van der Waals surface area contributed by atoms with Gasteiger partial charge in [0.2, 0.25) is 0 Å². The van der Waals surface area contributed by atoms with Crippen LogP contribution in [0.5, 0.6) is 0 Å². The highest BCUT2D eigenvalue weighted by Crippen LogP contribution is 2.34. The average Bonchev–Trinajstić information content (AvgIpc) is 3.37. The molecule has 5 rings (SSSR count). The highest BCUT2D eigenvalue weighted by atomic mass is 32.2. The number of nitrogens with zero attached hydrogens (tertiary/aromatic N) is 2. The van der Waals surface area contributed by atoms with Gasteiger partial charge in [0.25, 0.3) is 5.91 Å². The Balaban J connectivity index is 1.32. The minimum Gasteiger partial charge on any atom is -0.378 e. The molecular weight excluding hydrogens is 466 g/mol. The number of morpholine rings is 1. The summed E-state index contributed by atoms with van der Waals surface area (Å²) in [6.07, 6.45) is 0.622. The van der Waals surface area contributed by atoms with Gasteiger partial charge in [0.1, 0.15) is 0 Å². The van der Waals surface area contributed by atoms with Crippen molar-refractivity contribution in [2.75, 3.05) is 48.0 Å². The number of carbonyl (C=O) groups is 1. The van der Waals surface area contributed by atoms with Crippen molar-refractivity contribution < 1.29 is 17.9 Å². The molecule has 0 bridgehead atoms. The fraction of sp³-hybridized carbons (Fsp3) is 0.364. The van der Waals surface area contributed by atoms with Crippen LogP contribution < -0.4 is 10.2 Å². The molecule has 32 heavy (non-hydrogen) atoms. The number of sulfone groups is 1. The number of ether oxygens (including phenoxy) is 1. The van der Waals surface area contributed by atoms with Crippen LogP contribution in [0.4, 0.5) is 10.8 Å². The van der Waals surface area contributed by atoms with E-state index in [0.717, 1.165) is 33.3 Å². The third-order valence-corrected chi connectivity index (χ3v) is 9.94. The van der Waals surface area contributed by atoms with E-state index in [1.165, 1.54) is 11.8 Å². The van der Waals surface area contributed by atoms with Crippen LogP contribution in [0.3, 0.4) is 0 Å². The summed E-state index contributed by atoms with van der Waals surface area (Å²) in [5.74, 6) is 0.188. The van der Waals surface area contributed by atoms with Gasteiger partial charge in [-0.3, -0.25) is 4.79 Å². The van der Waals surface area contributed by atoms with Crippen molar-refractivity contribution in [2.45, 2.75) is 16.6 Å². The molecule has 1 amide bonds. The molecule has 2 saturated heterocycles. The molecular formula is C22H23N3O4S3. The van der Waals surface area contributed by atoms with Crippen molar-refractivity contribution in [1.82, 2.24) is 4.98 Å². The number of amides is 1. The van der Waals surface area contributed by atoms with E-state index in [4.69, 9.17) is 9.72 Å². The van der Waals surface area contributed by atoms with Crippen LogP contribution >= 0.6 is 23.1 Å². The number of benzene rings is 2. The summed E-state index contributed by atoms with van der Waals surface area (Å²) in [6, 6.07) is 13.1. The van der Waals surface area contributed by atoms with Crippen LogP contribution in [0.1, 0.15) is 16.8 Å². The van der Waals surface area contributed by atoms with Gasteiger partial charge in [-0.1, -0.05) is 23.5 Å². The van der Waals surface area contributed by atoms with Crippen LogP contribution in [0.25, 0.3) is 10.2 Å². The van der Waals surface area contributed by atoms with Gasteiger partial charge in [-0.15, -0.1) is 11.8 Å². The monoisotopic (exact) mass is 489 g/mol. The van der Waals surface area contributed by atoms with Crippen molar-refractivity contribution in [3.05, 3.63) is 48.0 Å². The van der Waals surface area contributed by atoms with Gasteiger partial charge < -0.3 is 15.0 Å². The van der Waals surface area contributed by atoms with Crippen LogP contribution in [0, 0.1) is 0 Å². The predicted octanol–water partition coefficient (Wildman–Crippen LogP) is 3.66. The lowest BCUT2D eigenvalue weighted by molar-refractivity contribution is 0.102. The molecule has 0 unspecified atom stereocenters. The molecule has 3 aromatic rings. The first-order valence-corrected chi connectivity index (χ1v) is 14.0. The second kappa shape index (κ2) is 9.01. The summed E-state index contributed by atoms with van der Waals surface area (Å²) in [7, 11) is -2.96. The maximum absolute atomic E-state index is 13.0. The summed E-state index contributed by atoms with van der Waals surface area (Å²) in [5, 5.41) is 3.95. The van der Waals surface area contributed by atoms with E-state index >= 15 is 0 Å². The molecule has 10 heteroatoms. The summed E-state index contributed by atoms with van der Waals surface area (Å²) in [4.78, 5) is 20.8. The van der Waals surface area contributed by atoms with Gasteiger partial charge in [-0.25, -0.2) is 13.4 Å². The zero-order valence-electron chi connectivity index (χ0n) is 17.3. The Bertz CT molecular complexity index is 1250. The summed E-state index contributed by atoms with van der Waals surface area (Å²) in [5.41, 5.74) is 2.18.